The second-order valence-corrected chi connectivity index (χ2v) is 34.0. The molecule has 20 aromatic rings. The lowest BCUT2D eigenvalue weighted by molar-refractivity contribution is -0.123. The first-order valence-electron chi connectivity index (χ1n) is 45.6. The van der Waals surface area contributed by atoms with E-state index in [9.17, 15) is 41.1 Å². The summed E-state index contributed by atoms with van der Waals surface area (Å²) in [6.45, 7) is 15.9. The number of ether oxygens (including phenoxy) is 3. The Kier molecular flexibility index (Phi) is 31.4. The number of hydrogen-bond acceptors (Lipinski definition) is 22. The van der Waals surface area contributed by atoms with Crippen molar-refractivity contribution in [3.63, 3.8) is 0 Å². The quantitative estimate of drug-likeness (QED) is 0.0434. The van der Waals surface area contributed by atoms with Gasteiger partial charge in [-0.2, -0.15) is 0 Å². The number of aromatic nitrogens is 15. The lowest BCUT2D eigenvalue weighted by atomic mass is 9.96. The van der Waals surface area contributed by atoms with E-state index in [2.05, 4.69) is 87.7 Å². The van der Waals surface area contributed by atoms with Gasteiger partial charge in [0.2, 0.25) is 5.91 Å². The molecular formula is C115H93F5N16O7. The van der Waals surface area contributed by atoms with Gasteiger partial charge in [-0.1, -0.05) is 37.3 Å². The molecule has 0 spiro atoms. The Morgan fingerprint density at radius 2 is 0.469 bits per heavy atom. The maximum Gasteiger partial charge on any atom is 0.243 e. The Balaban J connectivity index is 0.000000128. The first-order chi connectivity index (χ1) is 69.2. The molecule has 1 amide bonds. The number of nitrogens with zero attached hydrogens (tertiary/aromatic N) is 15. The van der Waals surface area contributed by atoms with Crippen molar-refractivity contribution < 1.29 is 55.3 Å². The maximum absolute atomic E-state index is 13.8. The second-order valence-electron chi connectivity index (χ2n) is 34.0. The van der Waals surface area contributed by atoms with Crippen LogP contribution in [-0.2, 0) is 54.8 Å². The Labute approximate surface area is 819 Å². The van der Waals surface area contributed by atoms with Crippen LogP contribution >= 0.6 is 0 Å². The fourth-order valence-corrected chi connectivity index (χ4v) is 15.9. The van der Waals surface area contributed by atoms with Crippen molar-refractivity contribution in [3.8, 4) is 112 Å². The van der Waals surface area contributed by atoms with Gasteiger partial charge in [-0.05, 0) is 322 Å². The van der Waals surface area contributed by atoms with Crippen LogP contribution in [0.1, 0.15) is 88.1 Å². The number of aryl methyl sites for hydroxylation is 6. The molecule has 0 fully saturated rings. The van der Waals surface area contributed by atoms with Crippen LogP contribution in [0.5, 0.6) is 0 Å². The molecule has 0 saturated carbocycles. The summed E-state index contributed by atoms with van der Waals surface area (Å²) in [6, 6.07) is 63.9. The van der Waals surface area contributed by atoms with Gasteiger partial charge >= 0.3 is 0 Å². The van der Waals surface area contributed by atoms with Crippen molar-refractivity contribution in [3.05, 3.63) is 390 Å². The van der Waals surface area contributed by atoms with Crippen molar-refractivity contribution in [2.75, 3.05) is 19.8 Å². The Bertz CT molecular complexity index is 7760. The largest absolute Gasteiger partial charge is 0.369 e. The van der Waals surface area contributed by atoms with Crippen LogP contribution in [0.25, 0.3) is 167 Å². The summed E-state index contributed by atoms with van der Waals surface area (Å²) < 4.78 is 85.1. The van der Waals surface area contributed by atoms with E-state index in [1.807, 2.05) is 128 Å². The smallest absolute Gasteiger partial charge is 0.243 e. The van der Waals surface area contributed by atoms with E-state index in [-0.39, 0.29) is 86.1 Å². The molecule has 10 aromatic heterocycles. The van der Waals surface area contributed by atoms with Crippen LogP contribution in [0, 0.1) is 63.7 Å². The topological polar surface area (TPSA) is 315 Å². The molecule has 0 saturated heterocycles. The third kappa shape index (κ3) is 24.5. The molecule has 0 atom stereocenters. The number of rotatable bonds is 24. The zero-order valence-corrected chi connectivity index (χ0v) is 79.4. The van der Waals surface area contributed by atoms with Gasteiger partial charge in [0.25, 0.3) is 0 Å². The number of Topliss-reactive ketones (excluding diaryl/α,β-unsaturated/α-hetero) is 3. The van der Waals surface area contributed by atoms with Gasteiger partial charge in [0.15, 0.2) is 17.3 Å². The van der Waals surface area contributed by atoms with Gasteiger partial charge in [-0.25, -0.2) is 22.0 Å². The van der Waals surface area contributed by atoms with E-state index in [0.29, 0.717) is 44.8 Å². The predicted molar refractivity (Wildman–Crippen MR) is 543 cm³/mol. The third-order valence-electron chi connectivity index (χ3n) is 23.2. The van der Waals surface area contributed by atoms with Gasteiger partial charge in [-0.3, -0.25) is 93.9 Å². The Hall–Kier alpha value is -17.3. The molecule has 0 aliphatic carbocycles. The van der Waals surface area contributed by atoms with E-state index in [1.54, 1.807) is 176 Å². The lowest BCUT2D eigenvalue weighted by Gasteiger charge is -2.13. The lowest BCUT2D eigenvalue weighted by Crippen LogP contribution is -2.17. The predicted octanol–water partition coefficient (Wildman–Crippen LogP) is 24.0. The average molecular weight is 1910 g/mol. The number of halogens is 5. The van der Waals surface area contributed by atoms with Gasteiger partial charge in [0.05, 0.1) is 103 Å². The summed E-state index contributed by atoms with van der Waals surface area (Å²) in [5, 5.41) is 0. The number of pyridine rings is 5. The van der Waals surface area contributed by atoms with E-state index in [0.717, 1.165) is 184 Å². The van der Waals surface area contributed by atoms with Crippen LogP contribution in [0.3, 0.4) is 0 Å². The van der Waals surface area contributed by atoms with Gasteiger partial charge in [0, 0.05) is 154 Å². The van der Waals surface area contributed by atoms with Gasteiger partial charge in [-0.15, -0.1) is 0 Å². The zero-order chi connectivity index (χ0) is 100. The van der Waals surface area contributed by atoms with Crippen molar-refractivity contribution in [1.29, 1.82) is 0 Å². The summed E-state index contributed by atoms with van der Waals surface area (Å²) in [6.07, 6.45) is 26.0. The number of amides is 1. The normalized spacial score (nSPS) is 11.0. The molecule has 23 nitrogen and oxygen atoms in total. The van der Waals surface area contributed by atoms with Gasteiger partial charge < -0.3 is 19.9 Å². The monoisotopic (exact) mass is 1900 g/mol. The third-order valence-corrected chi connectivity index (χ3v) is 23.2. The number of nitrogens with two attached hydrogens (primary N) is 1. The number of ketones is 3. The fraction of sp³-hybridized carbons (Fsp3) is 0.139. The van der Waals surface area contributed by atoms with Crippen molar-refractivity contribution in [2.45, 2.75) is 88.6 Å². The average Bonchev–Trinajstić information content (AvgIpc) is 0.800. The van der Waals surface area contributed by atoms with Crippen LogP contribution in [0.2, 0.25) is 0 Å². The van der Waals surface area contributed by atoms with Crippen LogP contribution < -0.4 is 5.73 Å². The number of primary amides is 1. The summed E-state index contributed by atoms with van der Waals surface area (Å²) in [5.74, 6) is -1.91. The highest BCUT2D eigenvalue weighted by molar-refractivity contribution is 5.98. The van der Waals surface area contributed by atoms with Crippen molar-refractivity contribution in [1.82, 2.24) is 74.8 Å². The van der Waals surface area contributed by atoms with E-state index < -0.39 is 5.91 Å². The second kappa shape index (κ2) is 45.5. The molecule has 0 bridgehead atoms. The molecule has 28 heteroatoms. The molecule has 0 aliphatic heterocycles. The molecule has 10 aromatic carbocycles. The molecule has 0 aliphatic rings. The standard InChI is InChI=1S/2C24H20FN3O2.C23H19FN4O2.C22H16FN3O.C22H18FN3/c2*1-15-9-19(3-5-21(15)25)24-20(10-17(12-28-24)14-30-13-16(2)29)18-4-6-22-23(11-18)27-8-7-26-22;1-14-8-17(2-4-19(14)24)23-18(9-15(11-28-23)12-30-13-22(25)29)16-3-5-20-21(10-16)27-7-6-26-20;1-13-9-16(3-5-19(13)23)22-18(10-17(12-26-22)14(2)27)15-4-6-20-21(11-15)25-8-7-24-20;1-3-15-11-18(16-5-7-20-21(12-16)25-9-8-24-20)22(26-13-15)17-4-6-19(23)14(2)10-17/h2*3-12H,13-14H2,1-2H3;2-11H,12-13H2,1H3,(H2,25,29);3-12H,1-2H3;4-13H,3H2,1-2H3. The van der Waals surface area contributed by atoms with Crippen LogP contribution in [-0.4, -0.2) is 118 Å². The Morgan fingerprint density at radius 3 is 0.699 bits per heavy atom. The summed E-state index contributed by atoms with van der Waals surface area (Å²) >= 11 is 0. The number of fused-ring (bicyclic) bond motifs is 5. The number of benzene rings is 10. The number of carbonyl (C=O) groups is 4. The van der Waals surface area contributed by atoms with E-state index >= 15 is 0 Å². The van der Waals surface area contributed by atoms with Crippen molar-refractivity contribution in [2.24, 2.45) is 5.73 Å². The highest BCUT2D eigenvalue weighted by Crippen LogP contribution is 2.41. The highest BCUT2D eigenvalue weighted by Gasteiger charge is 2.22. The van der Waals surface area contributed by atoms with E-state index in [4.69, 9.17) is 19.9 Å². The minimum atomic E-state index is -0.533. The molecule has 0 unspecified atom stereocenters. The van der Waals surface area contributed by atoms with Crippen molar-refractivity contribution >= 4 is 78.4 Å². The van der Waals surface area contributed by atoms with Crippen LogP contribution in [0.15, 0.2) is 305 Å². The summed E-state index contributed by atoms with van der Waals surface area (Å²) in [7, 11) is 0. The maximum atomic E-state index is 13.8. The molecule has 2 N–H and O–H groups in total. The summed E-state index contributed by atoms with van der Waals surface area (Å²) in [5.41, 5.74) is 36.9. The highest BCUT2D eigenvalue weighted by atomic mass is 19.1. The zero-order valence-electron chi connectivity index (χ0n) is 79.4. The van der Waals surface area contributed by atoms with Gasteiger partial charge in [0.1, 0.15) is 48.9 Å². The molecular weight excluding hydrogens is 1810 g/mol. The Morgan fingerprint density at radius 1 is 0.252 bits per heavy atom. The van der Waals surface area contributed by atoms with Crippen LogP contribution in [0.4, 0.5) is 22.0 Å². The minimum Gasteiger partial charge on any atom is -0.369 e. The minimum absolute atomic E-state index is 0.0327. The SMILES string of the molecule is CC(=O)COCc1cnc(-c2ccc(F)c(C)c2)c(-c2ccc3nccnc3c2)c1.CC(=O)COCc1cnc(-c2ccc(F)c(C)c2)c(-c2ccc3nccnc3c2)c1.CC(=O)c1cnc(-c2ccc(F)c(C)c2)c(-c2ccc3nccnc3c2)c1.CCc1cnc(-c2ccc(F)c(C)c2)c(-c2ccc3nccnc3c2)c1.Cc1cc(-c2ncc(COCC(N)=O)cc2-c2ccc3nccnc3c2)ccc1F. The first kappa shape index (κ1) is 98.7. The summed E-state index contributed by atoms with van der Waals surface area (Å²) in [4.78, 5) is 112. The molecule has 0 radical (unpaired) electrons. The number of hydrogen-bond donors (Lipinski definition) is 1. The molecule has 710 valence electrons. The molecule has 20 rings (SSSR count). The molecule has 143 heavy (non-hydrogen) atoms. The molecule has 10 heterocycles. The first-order valence-corrected chi connectivity index (χ1v) is 45.6. The van der Waals surface area contributed by atoms with E-state index in [1.165, 1.54) is 51.1 Å². The number of carbonyl (C=O) groups excluding carboxylic acids is 4. The fourth-order valence-electron chi connectivity index (χ4n) is 15.9.